The Bertz CT molecular complexity index is 1410. The van der Waals surface area contributed by atoms with Crippen LogP contribution in [-0.4, -0.2) is 47.7 Å². The highest BCUT2D eigenvalue weighted by atomic mass is 35.5. The van der Waals surface area contributed by atoms with Gasteiger partial charge in [0.05, 0.1) is 36.2 Å². The molecule has 2 heterocycles. The second-order valence-corrected chi connectivity index (χ2v) is 10.2. The van der Waals surface area contributed by atoms with Crippen LogP contribution in [0.2, 0.25) is 5.02 Å². The van der Waals surface area contributed by atoms with Gasteiger partial charge in [-0.3, -0.25) is 14.7 Å². The molecule has 1 aliphatic heterocycles. The predicted molar refractivity (Wildman–Crippen MR) is 140 cm³/mol. The fourth-order valence-corrected chi connectivity index (χ4v) is 5.38. The van der Waals surface area contributed by atoms with Crippen molar-refractivity contribution >= 4 is 28.5 Å². The van der Waals surface area contributed by atoms with E-state index in [4.69, 9.17) is 16.3 Å². The first kappa shape index (κ1) is 28.7. The number of halogens is 5. The number of alkyl halides is 1. The quantitative estimate of drug-likeness (QED) is 0.244. The third-order valence-electron chi connectivity index (χ3n) is 7.28. The number of fused-ring (bicyclic) bond motifs is 1. The van der Waals surface area contributed by atoms with Crippen LogP contribution >= 0.6 is 11.6 Å². The Morgan fingerprint density at radius 3 is 2.54 bits per heavy atom. The summed E-state index contributed by atoms with van der Waals surface area (Å²) in [4.78, 5) is 17.9. The van der Waals surface area contributed by atoms with E-state index in [1.54, 1.807) is 18.2 Å². The van der Waals surface area contributed by atoms with Gasteiger partial charge in [0.2, 0.25) is 0 Å². The monoisotopic (exact) mass is 562 g/mol. The molecule has 0 bridgehead atoms. The Morgan fingerprint density at radius 2 is 1.90 bits per heavy atom. The van der Waals surface area contributed by atoms with Crippen molar-refractivity contribution < 1.29 is 32.2 Å². The number of aliphatic carboxylic acids is 1. The normalized spacial score (nSPS) is 15.9. The van der Waals surface area contributed by atoms with Crippen LogP contribution < -0.4 is 4.74 Å². The van der Waals surface area contributed by atoms with Gasteiger partial charge in [-0.1, -0.05) is 23.4 Å². The molecule has 10 heteroatoms. The summed E-state index contributed by atoms with van der Waals surface area (Å²) in [5.74, 6) is 1.56. The van der Waals surface area contributed by atoms with E-state index in [-0.39, 0.29) is 24.4 Å². The molecule has 0 radical (unpaired) electrons. The number of carboxylic acids is 1. The Morgan fingerprint density at radius 1 is 1.21 bits per heavy atom. The van der Waals surface area contributed by atoms with Gasteiger partial charge in [-0.25, -0.2) is 17.6 Å². The first-order chi connectivity index (χ1) is 18.6. The molecule has 3 aromatic rings. The molecule has 1 fully saturated rings. The number of nitrogens with zero attached hydrogens (tertiary/aromatic N) is 2. The second-order valence-electron chi connectivity index (χ2n) is 9.80. The summed E-state index contributed by atoms with van der Waals surface area (Å²) in [6.45, 7) is 1.18. The maximum absolute atomic E-state index is 15.7. The molecule has 1 aliphatic rings. The minimum atomic E-state index is -1.44. The molecule has 4 rings (SSSR count). The fraction of sp³-hybridized carbons (Fsp3) is 0.379. The summed E-state index contributed by atoms with van der Waals surface area (Å²) in [6.07, 6.45) is 1.25. The summed E-state index contributed by atoms with van der Waals surface area (Å²) < 4.78 is 61.7. The van der Waals surface area contributed by atoms with Crippen molar-refractivity contribution in [1.29, 1.82) is 0 Å². The number of aromatic nitrogens is 1. The molecule has 0 amide bonds. The topological polar surface area (TPSA) is 62.7 Å². The number of benzene rings is 2. The Labute approximate surface area is 228 Å². The number of hydrogen-bond acceptors (Lipinski definition) is 4. The molecule has 1 N–H and O–H groups in total. The lowest BCUT2D eigenvalue weighted by Crippen LogP contribution is -2.41. The highest BCUT2D eigenvalue weighted by molar-refractivity contribution is 6.32. The Hall–Kier alpha value is -3.35. The van der Waals surface area contributed by atoms with Gasteiger partial charge in [-0.05, 0) is 62.4 Å². The number of piperidine rings is 1. The van der Waals surface area contributed by atoms with Crippen LogP contribution in [0.4, 0.5) is 17.6 Å². The minimum absolute atomic E-state index is 0.0756. The van der Waals surface area contributed by atoms with E-state index in [1.807, 2.05) is 4.90 Å². The van der Waals surface area contributed by atoms with Crippen LogP contribution in [0.1, 0.15) is 49.4 Å². The van der Waals surface area contributed by atoms with Crippen molar-refractivity contribution in [3.05, 3.63) is 70.1 Å². The van der Waals surface area contributed by atoms with Crippen molar-refractivity contribution in [2.24, 2.45) is 5.41 Å². The zero-order valence-electron chi connectivity index (χ0n) is 21.2. The third-order valence-corrected chi connectivity index (χ3v) is 7.58. The molecule has 1 aromatic heterocycles. The van der Waals surface area contributed by atoms with Crippen LogP contribution in [-0.2, 0) is 4.79 Å². The molecule has 1 saturated heterocycles. The number of hydrogen-bond donors (Lipinski definition) is 1. The lowest BCUT2D eigenvalue weighted by molar-refractivity contribution is -0.141. The molecule has 39 heavy (non-hydrogen) atoms. The van der Waals surface area contributed by atoms with E-state index >= 15 is 4.39 Å². The molecule has 0 spiro atoms. The van der Waals surface area contributed by atoms with E-state index in [9.17, 15) is 23.1 Å². The SMILES string of the molecule is COc1ccc2ncc(Cl)c([C@@H](F)CCC3(CC(=O)O)CCN(CC#Cc4c(F)cc(F)cc4F)CC3)c2c1. The summed E-state index contributed by atoms with van der Waals surface area (Å²) in [5, 5.41) is 10.3. The van der Waals surface area contributed by atoms with E-state index in [1.165, 1.54) is 13.3 Å². The summed E-state index contributed by atoms with van der Waals surface area (Å²) in [7, 11) is 1.51. The maximum Gasteiger partial charge on any atom is 0.303 e. The van der Waals surface area contributed by atoms with E-state index in [0.717, 1.165) is 0 Å². The third kappa shape index (κ3) is 6.81. The first-order valence-electron chi connectivity index (χ1n) is 12.4. The van der Waals surface area contributed by atoms with Crippen LogP contribution in [0, 0.1) is 34.7 Å². The Balaban J connectivity index is 1.44. The van der Waals surface area contributed by atoms with Gasteiger partial charge in [0.25, 0.3) is 0 Å². The van der Waals surface area contributed by atoms with Crippen molar-refractivity contribution in [3.63, 3.8) is 0 Å². The predicted octanol–water partition coefficient (Wildman–Crippen LogP) is 6.71. The van der Waals surface area contributed by atoms with Crippen LogP contribution in [0.5, 0.6) is 5.75 Å². The second kappa shape index (κ2) is 12.2. The number of ether oxygens (including phenoxy) is 1. The highest BCUT2D eigenvalue weighted by Crippen LogP contribution is 2.44. The smallest absolute Gasteiger partial charge is 0.303 e. The van der Waals surface area contributed by atoms with E-state index in [2.05, 4.69) is 16.8 Å². The maximum atomic E-state index is 15.7. The van der Waals surface area contributed by atoms with Crippen LogP contribution in [0.15, 0.2) is 36.5 Å². The van der Waals surface area contributed by atoms with Gasteiger partial charge >= 0.3 is 5.97 Å². The molecular formula is C29H27ClF4N2O3. The summed E-state index contributed by atoms with van der Waals surface area (Å²) >= 11 is 6.35. The van der Waals surface area contributed by atoms with Gasteiger partial charge < -0.3 is 9.84 Å². The highest BCUT2D eigenvalue weighted by Gasteiger charge is 2.37. The number of carboxylic acid groups (broad SMARTS) is 1. The lowest BCUT2D eigenvalue weighted by Gasteiger charge is -2.41. The molecule has 0 saturated carbocycles. The molecule has 206 valence electrons. The molecular weight excluding hydrogens is 536 g/mol. The van der Waals surface area contributed by atoms with Crippen molar-refractivity contribution in [3.8, 4) is 17.6 Å². The minimum Gasteiger partial charge on any atom is -0.497 e. The molecule has 0 aliphatic carbocycles. The summed E-state index contributed by atoms with van der Waals surface area (Å²) in [6, 6.07) is 6.29. The van der Waals surface area contributed by atoms with Gasteiger partial charge in [-0.15, -0.1) is 0 Å². The Kier molecular flexibility index (Phi) is 8.98. The molecule has 0 unspecified atom stereocenters. The average Bonchev–Trinajstić information content (AvgIpc) is 2.89. The number of pyridine rings is 1. The number of likely N-dealkylation sites (tertiary alicyclic amines) is 1. The van der Waals surface area contributed by atoms with Crippen molar-refractivity contribution in [2.45, 2.75) is 38.3 Å². The van der Waals surface area contributed by atoms with Crippen LogP contribution in [0.3, 0.4) is 0 Å². The lowest BCUT2D eigenvalue weighted by atomic mass is 9.71. The molecule has 5 nitrogen and oxygen atoms in total. The molecule has 2 aromatic carbocycles. The largest absolute Gasteiger partial charge is 0.497 e. The molecule has 1 atom stereocenters. The van der Waals surface area contributed by atoms with Crippen LogP contribution in [0.25, 0.3) is 10.9 Å². The first-order valence-corrected chi connectivity index (χ1v) is 12.8. The zero-order chi connectivity index (χ0) is 28.2. The van der Waals surface area contributed by atoms with Gasteiger partial charge in [-0.2, -0.15) is 0 Å². The van der Waals surface area contributed by atoms with E-state index < -0.39 is 40.6 Å². The standard InChI is InChI=1S/C29H27ClF4N2O3/c1-39-19-4-5-26-21(15-19)28(22(30)17-35-26)23(32)6-7-29(16-27(37)38)8-11-36(12-9-29)10-2-3-20-24(33)13-18(31)14-25(20)34/h4-5,13-15,17,23H,6-12,16H2,1H3,(H,37,38)/t23-/m0/s1. The average molecular weight is 563 g/mol. The zero-order valence-corrected chi connectivity index (χ0v) is 22.0. The van der Waals surface area contributed by atoms with Gasteiger partial charge in [0.15, 0.2) is 0 Å². The van der Waals surface area contributed by atoms with E-state index in [0.29, 0.717) is 66.7 Å². The number of methoxy groups -OCH3 is 1. The van der Waals surface area contributed by atoms with Gasteiger partial charge in [0.1, 0.15) is 29.4 Å². The van der Waals surface area contributed by atoms with Crippen molar-refractivity contribution in [1.82, 2.24) is 9.88 Å². The van der Waals surface area contributed by atoms with Gasteiger partial charge in [0, 0.05) is 29.3 Å². The fourth-order valence-electron chi connectivity index (χ4n) is 5.11. The number of carbonyl (C=O) groups is 1. The summed E-state index contributed by atoms with van der Waals surface area (Å²) in [5.41, 5.74) is -0.239. The van der Waals surface area contributed by atoms with Crippen molar-refractivity contribution in [2.75, 3.05) is 26.7 Å². The number of rotatable bonds is 8.